The molecule has 0 aliphatic heterocycles. The van der Waals surface area contributed by atoms with Crippen LogP contribution in [-0.2, 0) is 24.3 Å². The predicted octanol–water partition coefficient (Wildman–Crippen LogP) is 2.74. The second-order valence-electron chi connectivity index (χ2n) is 5.95. The van der Waals surface area contributed by atoms with Gasteiger partial charge in [0.1, 0.15) is 11.5 Å². The molecule has 0 aromatic heterocycles. The maximum atomic E-state index is 12.2. The van der Waals surface area contributed by atoms with Crippen LogP contribution in [-0.4, -0.2) is 47.5 Å². The van der Waals surface area contributed by atoms with E-state index >= 15 is 0 Å². The Kier molecular flexibility index (Phi) is 6.81. The molecule has 7 nitrogen and oxygen atoms in total. The topological polar surface area (TPSA) is 82.1 Å². The number of carbonyl (C=O) groups is 1. The van der Waals surface area contributed by atoms with Gasteiger partial charge in [-0.2, -0.15) is 0 Å². The smallest absolute Gasteiger partial charge is 0.336 e. The third-order valence-corrected chi connectivity index (χ3v) is 5.02. The maximum absolute atomic E-state index is 12.2. The van der Waals surface area contributed by atoms with Gasteiger partial charge < -0.3 is 14.2 Å². The van der Waals surface area contributed by atoms with Crippen LogP contribution in [0, 0.1) is 6.92 Å². The lowest BCUT2D eigenvalue weighted by Gasteiger charge is -2.25. The van der Waals surface area contributed by atoms with Gasteiger partial charge in [0.2, 0.25) is 10.0 Å². The van der Waals surface area contributed by atoms with E-state index in [-0.39, 0.29) is 6.54 Å². The van der Waals surface area contributed by atoms with Crippen LogP contribution in [0.15, 0.2) is 48.5 Å². The van der Waals surface area contributed by atoms with E-state index in [0.717, 1.165) is 16.1 Å². The number of nitrogens with zero attached hydrogens (tertiary/aromatic N) is 1. The summed E-state index contributed by atoms with van der Waals surface area (Å²) in [6.07, 6.45) is 0.0291. The molecule has 0 amide bonds. The number of carbonyl (C=O) groups excluding carboxylic acids is 1. The first-order valence-electron chi connectivity index (χ1n) is 8.17. The normalized spacial score (nSPS) is 12.3. The van der Waals surface area contributed by atoms with Crippen LogP contribution in [0.4, 0.5) is 5.69 Å². The average Bonchev–Trinajstić information content (AvgIpc) is 2.64. The van der Waals surface area contributed by atoms with Crippen LogP contribution < -0.4 is 9.04 Å². The predicted molar refractivity (Wildman–Crippen MR) is 103 cm³/mol. The Bertz CT molecular complexity index is 862. The Morgan fingerprint density at radius 3 is 1.96 bits per heavy atom. The molecule has 0 fully saturated rings. The van der Waals surface area contributed by atoms with E-state index in [0.29, 0.717) is 17.2 Å². The lowest BCUT2D eigenvalue weighted by molar-refractivity contribution is -0.151. The molecule has 0 spiro atoms. The number of anilines is 1. The molecule has 0 saturated carbocycles. The summed E-state index contributed by atoms with van der Waals surface area (Å²) in [7, 11) is -1.10. The Morgan fingerprint density at radius 1 is 1.00 bits per heavy atom. The van der Waals surface area contributed by atoms with Crippen LogP contribution in [0.25, 0.3) is 0 Å². The van der Waals surface area contributed by atoms with Gasteiger partial charge in [0.15, 0.2) is 6.10 Å². The van der Waals surface area contributed by atoms with Gasteiger partial charge in [-0.25, -0.2) is 13.2 Å². The van der Waals surface area contributed by atoms with Crippen LogP contribution >= 0.6 is 0 Å². The minimum atomic E-state index is -3.64. The molecule has 0 N–H and O–H groups in total. The first-order chi connectivity index (χ1) is 12.7. The summed E-state index contributed by atoms with van der Waals surface area (Å²) in [6.45, 7) is 1.79. The number of benzene rings is 2. The van der Waals surface area contributed by atoms with Gasteiger partial charge >= 0.3 is 5.97 Å². The lowest BCUT2D eigenvalue weighted by atomic mass is 10.2. The van der Waals surface area contributed by atoms with Crippen molar-refractivity contribution in [2.45, 2.75) is 13.0 Å². The number of sulfonamides is 1. The van der Waals surface area contributed by atoms with Gasteiger partial charge in [-0.3, -0.25) is 4.31 Å². The highest BCUT2D eigenvalue weighted by molar-refractivity contribution is 7.92. The number of aryl methyl sites for hydroxylation is 1. The molecule has 2 aromatic rings. The van der Waals surface area contributed by atoms with Gasteiger partial charge in [0.25, 0.3) is 0 Å². The number of rotatable bonds is 8. The maximum Gasteiger partial charge on any atom is 0.336 e. The van der Waals surface area contributed by atoms with Crippen LogP contribution in [0.3, 0.4) is 0 Å². The summed E-state index contributed by atoms with van der Waals surface area (Å²) in [5.74, 6) is 0.594. The molecule has 0 saturated heterocycles. The fourth-order valence-corrected chi connectivity index (χ4v) is 3.29. The van der Waals surface area contributed by atoms with Crippen molar-refractivity contribution in [2.24, 2.45) is 0 Å². The van der Waals surface area contributed by atoms with Crippen molar-refractivity contribution in [1.29, 1.82) is 0 Å². The number of ether oxygens (including phenoxy) is 3. The molecule has 146 valence electrons. The molecule has 0 unspecified atom stereocenters. The number of hydrogen-bond donors (Lipinski definition) is 0. The van der Waals surface area contributed by atoms with Crippen molar-refractivity contribution in [3.63, 3.8) is 0 Å². The Hall–Kier alpha value is -2.58. The van der Waals surface area contributed by atoms with Crippen molar-refractivity contribution in [3.8, 4) is 11.5 Å². The fourth-order valence-electron chi connectivity index (χ4n) is 2.38. The van der Waals surface area contributed by atoms with E-state index in [1.54, 1.807) is 24.3 Å². The summed E-state index contributed by atoms with van der Waals surface area (Å²) < 4.78 is 40.9. The standard InChI is InChI=1S/C19H23NO6S/c1-14-5-9-16(10-6-14)26-17-11-7-15(8-12-17)20(27(4,22)23)13-18(24-2)19(21)25-3/h5-12,18H,13H2,1-4H3/t18-/m0/s1. The minimum Gasteiger partial charge on any atom is -0.467 e. The van der Waals surface area contributed by atoms with E-state index in [4.69, 9.17) is 9.47 Å². The Balaban J connectivity index is 2.21. The Labute approximate surface area is 159 Å². The zero-order valence-electron chi connectivity index (χ0n) is 15.7. The first-order valence-corrected chi connectivity index (χ1v) is 10.0. The third kappa shape index (κ3) is 5.70. The number of methoxy groups -OCH3 is 2. The van der Waals surface area contributed by atoms with Crippen molar-refractivity contribution >= 4 is 21.7 Å². The molecule has 0 heterocycles. The summed E-state index contributed by atoms with van der Waals surface area (Å²) >= 11 is 0. The van der Waals surface area contributed by atoms with Crippen LogP contribution in [0.5, 0.6) is 11.5 Å². The molecule has 0 aliphatic rings. The van der Waals surface area contributed by atoms with Gasteiger partial charge in [-0.1, -0.05) is 17.7 Å². The van der Waals surface area contributed by atoms with Gasteiger partial charge in [-0.05, 0) is 43.3 Å². The second-order valence-corrected chi connectivity index (χ2v) is 7.86. The third-order valence-electron chi connectivity index (χ3n) is 3.86. The van der Waals surface area contributed by atoms with E-state index in [9.17, 15) is 13.2 Å². The van der Waals surface area contributed by atoms with Crippen molar-refractivity contribution < 1.29 is 27.4 Å². The van der Waals surface area contributed by atoms with Gasteiger partial charge in [0.05, 0.1) is 25.6 Å². The highest BCUT2D eigenvalue weighted by Crippen LogP contribution is 2.26. The zero-order valence-corrected chi connectivity index (χ0v) is 16.5. The molecular weight excluding hydrogens is 370 g/mol. The zero-order chi connectivity index (χ0) is 20.0. The Morgan fingerprint density at radius 2 is 1.52 bits per heavy atom. The van der Waals surface area contributed by atoms with Gasteiger partial charge in [-0.15, -0.1) is 0 Å². The van der Waals surface area contributed by atoms with Gasteiger partial charge in [0, 0.05) is 7.11 Å². The second kappa shape index (κ2) is 8.88. The molecule has 2 aromatic carbocycles. The highest BCUT2D eigenvalue weighted by Gasteiger charge is 2.27. The summed E-state index contributed by atoms with van der Waals surface area (Å²) in [5, 5.41) is 0. The van der Waals surface area contributed by atoms with E-state index in [2.05, 4.69) is 4.74 Å². The molecular formula is C19H23NO6S. The number of esters is 1. The van der Waals surface area contributed by atoms with E-state index in [1.165, 1.54) is 14.2 Å². The molecule has 0 bridgehead atoms. The lowest BCUT2D eigenvalue weighted by Crippen LogP contribution is -2.41. The van der Waals surface area contributed by atoms with Crippen molar-refractivity contribution in [3.05, 3.63) is 54.1 Å². The largest absolute Gasteiger partial charge is 0.467 e. The number of hydrogen-bond acceptors (Lipinski definition) is 6. The SMILES string of the molecule is COC(=O)[C@H](CN(c1ccc(Oc2ccc(C)cc2)cc1)S(C)(=O)=O)OC. The monoisotopic (exact) mass is 393 g/mol. The molecule has 1 atom stereocenters. The van der Waals surface area contributed by atoms with E-state index < -0.39 is 22.1 Å². The average molecular weight is 393 g/mol. The van der Waals surface area contributed by atoms with Crippen LogP contribution in [0.1, 0.15) is 5.56 Å². The highest BCUT2D eigenvalue weighted by atomic mass is 32.2. The summed E-state index contributed by atoms with van der Waals surface area (Å²) in [4.78, 5) is 11.7. The molecule has 27 heavy (non-hydrogen) atoms. The van der Waals surface area contributed by atoms with Crippen molar-refractivity contribution in [1.82, 2.24) is 0 Å². The molecule has 8 heteroatoms. The van der Waals surface area contributed by atoms with Crippen molar-refractivity contribution in [2.75, 3.05) is 31.3 Å². The first kappa shape index (κ1) is 20.7. The molecule has 0 aliphatic carbocycles. The fraction of sp³-hybridized carbons (Fsp3) is 0.316. The summed E-state index contributed by atoms with van der Waals surface area (Å²) in [6, 6.07) is 14.1. The minimum absolute atomic E-state index is 0.194. The summed E-state index contributed by atoms with van der Waals surface area (Å²) in [5.41, 5.74) is 1.51. The molecule has 2 rings (SSSR count). The van der Waals surface area contributed by atoms with E-state index in [1.807, 2.05) is 31.2 Å². The quantitative estimate of drug-likeness (QED) is 0.642. The molecule has 0 radical (unpaired) electrons. The van der Waals surface area contributed by atoms with Crippen LogP contribution in [0.2, 0.25) is 0 Å².